The van der Waals surface area contributed by atoms with Crippen LogP contribution in [0.5, 0.6) is 0 Å². The molecule has 3 aromatic carbocycles. The number of benzene rings is 3. The van der Waals surface area contributed by atoms with Gasteiger partial charge in [0.25, 0.3) is 10.0 Å². The number of rotatable bonds is 6. The maximum atomic E-state index is 13.0. The van der Waals surface area contributed by atoms with E-state index < -0.39 is 26.7 Å². The van der Waals surface area contributed by atoms with E-state index in [9.17, 15) is 21.6 Å². The van der Waals surface area contributed by atoms with Crippen molar-refractivity contribution in [2.45, 2.75) is 23.9 Å². The molecule has 4 aromatic rings. The van der Waals surface area contributed by atoms with Crippen molar-refractivity contribution in [2.24, 2.45) is 7.05 Å². The van der Waals surface area contributed by atoms with Gasteiger partial charge in [-0.15, -0.1) is 0 Å². The maximum Gasteiger partial charge on any atom is 0.416 e. The normalized spacial score (nSPS) is 12.2. The van der Waals surface area contributed by atoms with Gasteiger partial charge in [0.2, 0.25) is 0 Å². The summed E-state index contributed by atoms with van der Waals surface area (Å²) in [5, 5.41) is 0. The number of fused-ring (bicyclic) bond motifs is 1. The molecule has 0 aliphatic rings. The summed E-state index contributed by atoms with van der Waals surface area (Å²) >= 11 is 0. The summed E-state index contributed by atoms with van der Waals surface area (Å²) < 4.78 is 69.0. The van der Waals surface area contributed by atoms with Crippen LogP contribution < -0.4 is 4.72 Å². The minimum Gasteiger partial charge on any atom is -0.331 e. The molecular formula is C23H20F3N3O2S. The molecule has 0 aliphatic heterocycles. The smallest absolute Gasteiger partial charge is 0.331 e. The molecule has 5 nitrogen and oxygen atoms in total. The Labute approximate surface area is 183 Å². The molecule has 0 aliphatic carbocycles. The highest BCUT2D eigenvalue weighted by Gasteiger charge is 2.31. The van der Waals surface area contributed by atoms with E-state index in [1.807, 2.05) is 35.9 Å². The Morgan fingerprint density at radius 3 is 2.41 bits per heavy atom. The predicted molar refractivity (Wildman–Crippen MR) is 117 cm³/mol. The van der Waals surface area contributed by atoms with Crippen LogP contribution >= 0.6 is 0 Å². The van der Waals surface area contributed by atoms with E-state index in [2.05, 4.69) is 9.71 Å². The van der Waals surface area contributed by atoms with Gasteiger partial charge in [0, 0.05) is 13.5 Å². The topological polar surface area (TPSA) is 64.0 Å². The molecule has 32 heavy (non-hydrogen) atoms. The first-order chi connectivity index (χ1) is 15.1. The summed E-state index contributed by atoms with van der Waals surface area (Å²) in [6, 6.07) is 18.3. The van der Waals surface area contributed by atoms with E-state index >= 15 is 0 Å². The quantitative estimate of drug-likeness (QED) is 0.432. The Bertz CT molecular complexity index is 1380. The fourth-order valence-corrected chi connectivity index (χ4v) is 4.69. The fraction of sp³-hybridized carbons (Fsp3) is 0.174. The van der Waals surface area contributed by atoms with Crippen molar-refractivity contribution in [2.75, 3.05) is 4.72 Å². The molecule has 0 spiro atoms. The Morgan fingerprint density at radius 2 is 1.66 bits per heavy atom. The van der Waals surface area contributed by atoms with E-state index in [4.69, 9.17) is 0 Å². The van der Waals surface area contributed by atoms with Crippen LogP contribution in [0.2, 0.25) is 0 Å². The largest absolute Gasteiger partial charge is 0.416 e. The van der Waals surface area contributed by atoms with Gasteiger partial charge in [0.05, 0.1) is 27.2 Å². The van der Waals surface area contributed by atoms with Gasteiger partial charge in [-0.25, -0.2) is 13.4 Å². The molecule has 4 rings (SSSR count). The number of hydrogen-bond acceptors (Lipinski definition) is 3. The van der Waals surface area contributed by atoms with Gasteiger partial charge >= 0.3 is 6.18 Å². The van der Waals surface area contributed by atoms with Gasteiger partial charge in [-0.3, -0.25) is 4.72 Å². The first-order valence-electron chi connectivity index (χ1n) is 9.83. The van der Waals surface area contributed by atoms with Crippen molar-refractivity contribution < 1.29 is 21.6 Å². The molecule has 0 radical (unpaired) electrons. The third kappa shape index (κ3) is 4.47. The number of hydrogen-bond donors (Lipinski definition) is 1. The molecule has 1 heterocycles. The van der Waals surface area contributed by atoms with Gasteiger partial charge in [-0.2, -0.15) is 13.2 Å². The number of aromatic nitrogens is 2. The third-order valence-electron chi connectivity index (χ3n) is 5.23. The van der Waals surface area contributed by atoms with Crippen LogP contribution in [-0.4, -0.2) is 18.0 Å². The number of para-hydroxylation sites is 3. The van der Waals surface area contributed by atoms with Crippen LogP contribution in [0.3, 0.4) is 0 Å². The lowest BCUT2D eigenvalue weighted by Gasteiger charge is -2.14. The molecule has 1 N–H and O–H groups in total. The van der Waals surface area contributed by atoms with Crippen molar-refractivity contribution in [3.8, 4) is 0 Å². The minimum atomic E-state index is -4.63. The summed E-state index contributed by atoms with van der Waals surface area (Å²) in [5.41, 5.74) is 1.90. The van der Waals surface area contributed by atoms with Crippen molar-refractivity contribution in [3.63, 3.8) is 0 Å². The summed E-state index contributed by atoms with van der Waals surface area (Å²) in [4.78, 5) is 4.18. The van der Waals surface area contributed by atoms with Crippen LogP contribution in [0.1, 0.15) is 17.0 Å². The lowest BCUT2D eigenvalue weighted by atomic mass is 10.1. The Balaban J connectivity index is 1.58. The number of halogens is 3. The predicted octanol–water partition coefficient (Wildman–Crippen LogP) is 5.18. The van der Waals surface area contributed by atoms with Crippen molar-refractivity contribution in [3.05, 3.63) is 89.7 Å². The second-order valence-corrected chi connectivity index (χ2v) is 9.05. The molecule has 0 unspecified atom stereocenters. The van der Waals surface area contributed by atoms with E-state index in [-0.39, 0.29) is 0 Å². The fourth-order valence-electron chi connectivity index (χ4n) is 3.55. The van der Waals surface area contributed by atoms with Gasteiger partial charge < -0.3 is 4.57 Å². The van der Waals surface area contributed by atoms with Crippen LogP contribution in [0, 0.1) is 0 Å². The standard InChI is InChI=1S/C23H20F3N3O2S/c1-29-21-12-5-4-11-20(21)27-22(29)14-13-16-7-2-3-10-19(16)28-32(30,31)18-9-6-8-17(15-18)23(24,25)26/h2-12,15,28H,13-14H2,1H3. The molecule has 9 heteroatoms. The molecule has 1 aromatic heterocycles. The highest BCUT2D eigenvalue weighted by molar-refractivity contribution is 7.92. The molecule has 0 bridgehead atoms. The van der Waals surface area contributed by atoms with E-state index in [1.54, 1.807) is 24.3 Å². The summed E-state index contributed by atoms with van der Waals surface area (Å²) in [7, 11) is -2.28. The Hall–Kier alpha value is -3.33. The SMILES string of the molecule is Cn1c(CCc2ccccc2NS(=O)(=O)c2cccc(C(F)(F)F)c2)nc2ccccc21. The van der Waals surface area contributed by atoms with Crippen molar-refractivity contribution in [1.82, 2.24) is 9.55 Å². The Morgan fingerprint density at radius 1 is 0.938 bits per heavy atom. The number of sulfonamides is 1. The molecular weight excluding hydrogens is 439 g/mol. The van der Waals surface area contributed by atoms with Crippen LogP contribution in [-0.2, 0) is 36.1 Å². The van der Waals surface area contributed by atoms with Gasteiger partial charge in [0.1, 0.15) is 5.82 Å². The van der Waals surface area contributed by atoms with E-state index in [1.165, 1.54) is 0 Å². The van der Waals surface area contributed by atoms with Gasteiger partial charge in [-0.05, 0) is 48.4 Å². The zero-order valence-corrected chi connectivity index (χ0v) is 17.9. The second-order valence-electron chi connectivity index (χ2n) is 7.36. The average Bonchev–Trinajstić information content (AvgIpc) is 3.08. The molecule has 166 valence electrons. The second kappa shape index (κ2) is 8.31. The van der Waals surface area contributed by atoms with Gasteiger partial charge in [0.15, 0.2) is 0 Å². The van der Waals surface area contributed by atoms with Crippen LogP contribution in [0.25, 0.3) is 11.0 Å². The van der Waals surface area contributed by atoms with E-state index in [0.717, 1.165) is 40.6 Å². The first kappa shape index (κ1) is 21.9. The average molecular weight is 459 g/mol. The minimum absolute atomic E-state index is 0.323. The first-order valence-corrected chi connectivity index (χ1v) is 11.3. The number of aryl methyl sites for hydroxylation is 3. The summed E-state index contributed by atoms with van der Waals surface area (Å²) in [6.07, 6.45) is -3.57. The molecule has 0 saturated carbocycles. The number of anilines is 1. The number of nitrogens with zero attached hydrogens (tertiary/aromatic N) is 2. The molecule has 0 saturated heterocycles. The number of alkyl halides is 3. The lowest BCUT2D eigenvalue weighted by Crippen LogP contribution is -2.16. The van der Waals surface area contributed by atoms with Gasteiger partial charge in [-0.1, -0.05) is 36.4 Å². The number of imidazole rings is 1. The number of nitrogens with one attached hydrogen (secondary N) is 1. The lowest BCUT2D eigenvalue weighted by molar-refractivity contribution is -0.137. The van der Waals surface area contributed by atoms with Crippen molar-refractivity contribution >= 4 is 26.7 Å². The molecule has 0 amide bonds. The third-order valence-corrected chi connectivity index (χ3v) is 6.59. The van der Waals surface area contributed by atoms with Crippen LogP contribution in [0.4, 0.5) is 18.9 Å². The van der Waals surface area contributed by atoms with E-state index in [0.29, 0.717) is 24.6 Å². The zero-order chi connectivity index (χ0) is 22.9. The monoisotopic (exact) mass is 459 g/mol. The molecule has 0 atom stereocenters. The highest BCUT2D eigenvalue weighted by Crippen LogP contribution is 2.31. The summed E-state index contributed by atoms with van der Waals surface area (Å²) in [6.45, 7) is 0. The summed E-state index contributed by atoms with van der Waals surface area (Å²) in [5.74, 6) is 0.849. The molecule has 0 fully saturated rings. The van der Waals surface area contributed by atoms with Crippen LogP contribution in [0.15, 0.2) is 77.7 Å². The highest BCUT2D eigenvalue weighted by atomic mass is 32.2. The van der Waals surface area contributed by atoms with Crippen molar-refractivity contribution in [1.29, 1.82) is 0 Å². The zero-order valence-electron chi connectivity index (χ0n) is 17.1. The maximum absolute atomic E-state index is 13.0. The Kier molecular flexibility index (Phi) is 5.68.